The molecule has 3 heteroatoms. The largest absolute Gasteiger partial charge is 0.329 e. The van der Waals surface area contributed by atoms with E-state index >= 15 is 0 Å². The molecular formula is C21H21O2P. The minimum Gasteiger partial charge on any atom is -0.329 e. The molecule has 0 N–H and O–H groups in total. The Kier molecular flexibility index (Phi) is 6.56. The van der Waals surface area contributed by atoms with Crippen LogP contribution in [0.25, 0.3) is 0 Å². The number of rotatable bonds is 8. The molecule has 0 aliphatic heterocycles. The summed E-state index contributed by atoms with van der Waals surface area (Å²) in [5, 5.41) is 0. The van der Waals surface area contributed by atoms with Crippen LogP contribution < -0.4 is 0 Å². The summed E-state index contributed by atoms with van der Waals surface area (Å²) in [6, 6.07) is 30.8. The lowest BCUT2D eigenvalue weighted by Gasteiger charge is -2.18. The lowest BCUT2D eigenvalue weighted by molar-refractivity contribution is 0.234. The Morgan fingerprint density at radius 1 is 0.500 bits per heavy atom. The van der Waals surface area contributed by atoms with Crippen LogP contribution in [0.1, 0.15) is 16.7 Å². The van der Waals surface area contributed by atoms with Crippen LogP contribution in [0.4, 0.5) is 0 Å². The lowest BCUT2D eigenvalue weighted by atomic mass is 10.2. The molecule has 0 fully saturated rings. The summed E-state index contributed by atoms with van der Waals surface area (Å²) in [6.07, 6.45) is 0.801. The maximum absolute atomic E-state index is 6.10. The second-order valence-corrected chi connectivity index (χ2v) is 6.99. The molecule has 0 aliphatic carbocycles. The average molecular weight is 336 g/mol. The molecule has 0 saturated carbocycles. The van der Waals surface area contributed by atoms with Gasteiger partial charge in [-0.2, -0.15) is 0 Å². The summed E-state index contributed by atoms with van der Waals surface area (Å²) >= 11 is 0. The van der Waals surface area contributed by atoms with E-state index in [1.54, 1.807) is 0 Å². The minimum atomic E-state index is -0.984. The van der Waals surface area contributed by atoms with Crippen LogP contribution in [0.2, 0.25) is 0 Å². The van der Waals surface area contributed by atoms with Crippen molar-refractivity contribution >= 4 is 8.38 Å². The molecule has 0 saturated heterocycles. The standard InChI is InChI=1S/C21H21O2P/c1-4-10-19(11-5-1)16-22-24(18-21-14-8-3-9-15-21)23-17-20-12-6-2-7-13-20/h1-15H,16-18H2. The highest BCUT2D eigenvalue weighted by atomic mass is 31.2. The van der Waals surface area contributed by atoms with Crippen molar-refractivity contribution in [2.45, 2.75) is 19.4 Å². The monoisotopic (exact) mass is 336 g/mol. The molecule has 0 aliphatic rings. The Balaban J connectivity index is 1.61. The predicted molar refractivity (Wildman–Crippen MR) is 99.5 cm³/mol. The molecule has 24 heavy (non-hydrogen) atoms. The predicted octanol–water partition coefficient (Wildman–Crippen LogP) is 5.93. The Morgan fingerprint density at radius 3 is 1.29 bits per heavy atom. The van der Waals surface area contributed by atoms with Crippen molar-refractivity contribution in [2.75, 3.05) is 0 Å². The molecule has 0 amide bonds. The first-order chi connectivity index (χ1) is 11.9. The van der Waals surface area contributed by atoms with Crippen molar-refractivity contribution in [3.63, 3.8) is 0 Å². The van der Waals surface area contributed by atoms with Crippen molar-refractivity contribution in [3.05, 3.63) is 108 Å². The molecular weight excluding hydrogens is 315 g/mol. The summed E-state index contributed by atoms with van der Waals surface area (Å²) in [6.45, 7) is 1.16. The first kappa shape index (κ1) is 16.9. The zero-order valence-corrected chi connectivity index (χ0v) is 14.4. The fourth-order valence-electron chi connectivity index (χ4n) is 2.30. The van der Waals surface area contributed by atoms with Crippen molar-refractivity contribution in [2.24, 2.45) is 0 Å². The highest BCUT2D eigenvalue weighted by Gasteiger charge is 2.12. The first-order valence-electron chi connectivity index (χ1n) is 8.05. The van der Waals surface area contributed by atoms with Crippen LogP contribution in [0.5, 0.6) is 0 Å². The molecule has 3 aromatic rings. The first-order valence-corrected chi connectivity index (χ1v) is 9.41. The fourth-order valence-corrected chi connectivity index (χ4v) is 3.65. The van der Waals surface area contributed by atoms with Crippen LogP contribution in [0, 0.1) is 0 Å². The normalized spacial score (nSPS) is 10.9. The molecule has 0 bridgehead atoms. The van der Waals surface area contributed by atoms with E-state index in [0.717, 1.165) is 6.16 Å². The molecule has 2 nitrogen and oxygen atoms in total. The molecule has 0 radical (unpaired) electrons. The summed E-state index contributed by atoms with van der Waals surface area (Å²) in [5.74, 6) is 0. The van der Waals surface area contributed by atoms with Gasteiger partial charge in [-0.25, -0.2) is 0 Å². The maximum atomic E-state index is 6.10. The van der Waals surface area contributed by atoms with Crippen LogP contribution in [0.3, 0.4) is 0 Å². The molecule has 0 aromatic heterocycles. The summed E-state index contributed by atoms with van der Waals surface area (Å²) in [5.41, 5.74) is 3.58. The highest BCUT2D eigenvalue weighted by Crippen LogP contribution is 2.43. The van der Waals surface area contributed by atoms with E-state index in [2.05, 4.69) is 48.5 Å². The van der Waals surface area contributed by atoms with Crippen molar-refractivity contribution < 1.29 is 9.05 Å². The summed E-state index contributed by atoms with van der Waals surface area (Å²) < 4.78 is 12.2. The molecule has 3 aromatic carbocycles. The summed E-state index contributed by atoms with van der Waals surface area (Å²) in [7, 11) is -0.984. The average Bonchev–Trinajstić information content (AvgIpc) is 2.66. The van der Waals surface area contributed by atoms with E-state index in [0.29, 0.717) is 13.2 Å². The fraction of sp³-hybridized carbons (Fsp3) is 0.143. The van der Waals surface area contributed by atoms with Gasteiger partial charge in [0, 0.05) is 6.16 Å². The van der Waals surface area contributed by atoms with Gasteiger partial charge in [-0.1, -0.05) is 91.0 Å². The van der Waals surface area contributed by atoms with E-state index < -0.39 is 8.38 Å². The van der Waals surface area contributed by atoms with Gasteiger partial charge in [0.25, 0.3) is 0 Å². The lowest BCUT2D eigenvalue weighted by Crippen LogP contribution is -1.96. The topological polar surface area (TPSA) is 18.5 Å². The second-order valence-electron chi connectivity index (χ2n) is 5.49. The minimum absolute atomic E-state index is 0.578. The molecule has 0 unspecified atom stereocenters. The van der Waals surface area contributed by atoms with Gasteiger partial charge in [-0.3, -0.25) is 0 Å². The molecule has 0 spiro atoms. The van der Waals surface area contributed by atoms with Crippen LogP contribution in [-0.2, 0) is 28.4 Å². The van der Waals surface area contributed by atoms with Crippen LogP contribution >= 0.6 is 8.38 Å². The van der Waals surface area contributed by atoms with E-state index in [1.807, 2.05) is 42.5 Å². The van der Waals surface area contributed by atoms with Gasteiger partial charge in [0.05, 0.1) is 13.2 Å². The van der Waals surface area contributed by atoms with Gasteiger partial charge in [-0.15, -0.1) is 0 Å². The quantitative estimate of drug-likeness (QED) is 0.475. The van der Waals surface area contributed by atoms with Gasteiger partial charge < -0.3 is 9.05 Å². The Hall–Kier alpha value is -1.99. The van der Waals surface area contributed by atoms with Gasteiger partial charge in [0.2, 0.25) is 0 Å². The van der Waals surface area contributed by atoms with E-state index in [1.165, 1.54) is 16.7 Å². The van der Waals surface area contributed by atoms with E-state index in [9.17, 15) is 0 Å². The Labute approximate surface area is 145 Å². The van der Waals surface area contributed by atoms with Gasteiger partial charge >= 0.3 is 0 Å². The van der Waals surface area contributed by atoms with Crippen molar-refractivity contribution in [1.82, 2.24) is 0 Å². The number of benzene rings is 3. The number of hydrogen-bond acceptors (Lipinski definition) is 2. The SMILES string of the molecule is c1ccc(COP(Cc2ccccc2)OCc2ccccc2)cc1. The Bertz CT molecular complexity index is 658. The van der Waals surface area contributed by atoms with Crippen molar-refractivity contribution in [1.29, 1.82) is 0 Å². The van der Waals surface area contributed by atoms with E-state index in [4.69, 9.17) is 9.05 Å². The zero-order valence-electron chi connectivity index (χ0n) is 13.5. The molecule has 3 rings (SSSR count). The van der Waals surface area contributed by atoms with Gasteiger partial charge in [0.15, 0.2) is 8.38 Å². The molecule has 0 heterocycles. The van der Waals surface area contributed by atoms with Crippen LogP contribution in [-0.4, -0.2) is 0 Å². The highest BCUT2D eigenvalue weighted by molar-refractivity contribution is 7.46. The van der Waals surface area contributed by atoms with E-state index in [-0.39, 0.29) is 0 Å². The third-order valence-electron chi connectivity index (χ3n) is 3.59. The maximum Gasteiger partial charge on any atom is 0.175 e. The van der Waals surface area contributed by atoms with Gasteiger partial charge in [-0.05, 0) is 16.7 Å². The number of hydrogen-bond donors (Lipinski definition) is 0. The van der Waals surface area contributed by atoms with Crippen LogP contribution in [0.15, 0.2) is 91.0 Å². The third-order valence-corrected chi connectivity index (χ3v) is 5.05. The zero-order chi connectivity index (χ0) is 16.5. The summed E-state index contributed by atoms with van der Waals surface area (Å²) in [4.78, 5) is 0. The molecule has 122 valence electrons. The second kappa shape index (κ2) is 9.34. The van der Waals surface area contributed by atoms with Gasteiger partial charge in [0.1, 0.15) is 0 Å². The molecule has 0 atom stereocenters. The Morgan fingerprint density at radius 2 is 0.875 bits per heavy atom. The van der Waals surface area contributed by atoms with Crippen molar-refractivity contribution in [3.8, 4) is 0 Å². The smallest absolute Gasteiger partial charge is 0.175 e. The third kappa shape index (κ3) is 5.58.